The van der Waals surface area contributed by atoms with Gasteiger partial charge in [0.2, 0.25) is 0 Å². The Morgan fingerprint density at radius 1 is 1.22 bits per heavy atom. The Kier molecular flexibility index (Phi) is 3.78. The third-order valence-corrected chi connectivity index (χ3v) is 4.51. The predicted octanol–water partition coefficient (Wildman–Crippen LogP) is 3.73. The van der Waals surface area contributed by atoms with E-state index in [0.717, 1.165) is 29.5 Å². The number of ether oxygens (including phenoxy) is 1. The van der Waals surface area contributed by atoms with Crippen LogP contribution in [-0.4, -0.2) is 10.5 Å². The molecule has 4 heteroatoms. The lowest BCUT2D eigenvalue weighted by Gasteiger charge is -2.31. The predicted molar refractivity (Wildman–Crippen MR) is 90.5 cm³/mol. The van der Waals surface area contributed by atoms with E-state index >= 15 is 0 Å². The van der Waals surface area contributed by atoms with Crippen molar-refractivity contribution in [2.75, 3.05) is 0 Å². The van der Waals surface area contributed by atoms with Crippen molar-refractivity contribution in [2.45, 2.75) is 53.2 Å². The van der Waals surface area contributed by atoms with Gasteiger partial charge in [-0.15, -0.1) is 0 Å². The fourth-order valence-corrected chi connectivity index (χ4v) is 3.18. The summed E-state index contributed by atoms with van der Waals surface area (Å²) in [6.45, 7) is 7.52. The van der Waals surface area contributed by atoms with Crippen LogP contribution < -0.4 is 5.56 Å². The summed E-state index contributed by atoms with van der Waals surface area (Å²) in [5, 5.41) is 1.68. The van der Waals surface area contributed by atoms with Crippen LogP contribution in [0, 0.1) is 12.3 Å². The number of carbonyl (C=O) groups excluding carboxylic acids is 1. The lowest BCUT2D eigenvalue weighted by Crippen LogP contribution is -2.36. The molecule has 2 heterocycles. The van der Waals surface area contributed by atoms with Gasteiger partial charge in [0.1, 0.15) is 0 Å². The lowest BCUT2D eigenvalue weighted by molar-refractivity contribution is -0.165. The molecule has 1 unspecified atom stereocenters. The van der Waals surface area contributed by atoms with Crippen LogP contribution in [0.15, 0.2) is 29.1 Å². The molecule has 0 aliphatic carbocycles. The summed E-state index contributed by atoms with van der Waals surface area (Å²) in [6, 6.07) is 7.65. The van der Waals surface area contributed by atoms with Gasteiger partial charge in [0.05, 0.1) is 5.41 Å². The zero-order chi connectivity index (χ0) is 16.8. The highest BCUT2D eigenvalue weighted by Crippen LogP contribution is 2.31. The van der Waals surface area contributed by atoms with E-state index in [4.69, 9.17) is 4.74 Å². The van der Waals surface area contributed by atoms with Gasteiger partial charge in [0.25, 0.3) is 5.56 Å². The molecule has 0 amide bonds. The molecule has 3 rings (SSSR count). The average Bonchev–Trinajstić information content (AvgIpc) is 2.51. The number of hydrogen-bond acceptors (Lipinski definition) is 3. The van der Waals surface area contributed by atoms with Crippen molar-refractivity contribution in [3.05, 3.63) is 45.9 Å². The summed E-state index contributed by atoms with van der Waals surface area (Å²) in [4.78, 5) is 25.2. The van der Waals surface area contributed by atoms with Crippen molar-refractivity contribution in [1.29, 1.82) is 0 Å². The van der Waals surface area contributed by atoms with Gasteiger partial charge < -0.3 is 4.74 Å². The minimum absolute atomic E-state index is 0.0624. The standard InChI is InChI=1S/C19H23NO3/c1-12-13-8-5-6-9-14(13)17(21)20-15(12)10-7-11-16(20)23-18(22)19(2,3)4/h5-6,8-9,16H,7,10-11H2,1-4H3. The highest BCUT2D eigenvalue weighted by atomic mass is 16.6. The Bertz CT molecular complexity index is 827. The fourth-order valence-electron chi connectivity index (χ4n) is 3.18. The smallest absolute Gasteiger partial charge is 0.313 e. The molecule has 1 atom stereocenters. The minimum atomic E-state index is -0.576. The minimum Gasteiger partial charge on any atom is -0.441 e. The van der Waals surface area contributed by atoms with Crippen molar-refractivity contribution in [3.8, 4) is 0 Å². The molecule has 0 spiro atoms. The highest BCUT2D eigenvalue weighted by Gasteiger charge is 2.31. The molecule has 0 fully saturated rings. The lowest BCUT2D eigenvalue weighted by atomic mass is 9.96. The number of nitrogens with zero attached hydrogens (tertiary/aromatic N) is 1. The topological polar surface area (TPSA) is 48.3 Å². The highest BCUT2D eigenvalue weighted by molar-refractivity contribution is 5.85. The van der Waals surface area contributed by atoms with Crippen LogP contribution in [0.4, 0.5) is 0 Å². The van der Waals surface area contributed by atoms with Gasteiger partial charge in [0, 0.05) is 17.5 Å². The van der Waals surface area contributed by atoms with Crippen LogP contribution >= 0.6 is 0 Å². The van der Waals surface area contributed by atoms with Crippen LogP contribution in [0.5, 0.6) is 0 Å². The van der Waals surface area contributed by atoms with Crippen LogP contribution in [0.1, 0.15) is 51.1 Å². The molecule has 0 saturated carbocycles. The zero-order valence-electron chi connectivity index (χ0n) is 14.2. The second-order valence-corrected chi connectivity index (χ2v) is 7.29. The number of aromatic nitrogens is 1. The molecular weight excluding hydrogens is 290 g/mol. The molecule has 1 aromatic carbocycles. The molecule has 0 radical (unpaired) electrons. The number of pyridine rings is 1. The third kappa shape index (κ3) is 2.67. The molecule has 4 nitrogen and oxygen atoms in total. The number of benzene rings is 1. The SMILES string of the molecule is Cc1c2n(c(=O)c3ccccc13)C(OC(=O)C(C)(C)C)CCC2. The second kappa shape index (κ2) is 5.52. The molecule has 1 aliphatic heterocycles. The number of carbonyl (C=O) groups is 1. The first kappa shape index (κ1) is 15.8. The van der Waals surface area contributed by atoms with Crippen LogP contribution in [-0.2, 0) is 16.0 Å². The van der Waals surface area contributed by atoms with Crippen molar-refractivity contribution in [3.63, 3.8) is 0 Å². The summed E-state index contributed by atoms with van der Waals surface area (Å²) >= 11 is 0. The Labute approximate surface area is 136 Å². The third-order valence-electron chi connectivity index (χ3n) is 4.51. The van der Waals surface area contributed by atoms with Crippen molar-refractivity contribution < 1.29 is 9.53 Å². The number of esters is 1. The van der Waals surface area contributed by atoms with Gasteiger partial charge in [-0.3, -0.25) is 14.2 Å². The van der Waals surface area contributed by atoms with Gasteiger partial charge in [0.15, 0.2) is 6.23 Å². The Morgan fingerprint density at radius 3 is 2.52 bits per heavy atom. The second-order valence-electron chi connectivity index (χ2n) is 7.29. The summed E-state index contributed by atoms with van der Waals surface area (Å²) in [7, 11) is 0. The summed E-state index contributed by atoms with van der Waals surface area (Å²) in [6.07, 6.45) is 1.95. The maximum atomic E-state index is 12.9. The van der Waals surface area contributed by atoms with Crippen molar-refractivity contribution in [2.24, 2.45) is 5.41 Å². The molecule has 0 bridgehead atoms. The number of hydrogen-bond donors (Lipinski definition) is 0. The van der Waals surface area contributed by atoms with E-state index in [9.17, 15) is 9.59 Å². The van der Waals surface area contributed by atoms with E-state index in [1.54, 1.807) is 4.57 Å². The summed E-state index contributed by atoms with van der Waals surface area (Å²) < 4.78 is 7.39. The Balaban J connectivity index is 2.15. The van der Waals surface area contributed by atoms with Gasteiger partial charge in [-0.05, 0) is 57.6 Å². The fraction of sp³-hybridized carbons (Fsp3) is 0.474. The first-order chi connectivity index (χ1) is 10.8. The van der Waals surface area contributed by atoms with E-state index in [1.165, 1.54) is 0 Å². The van der Waals surface area contributed by atoms with Crippen molar-refractivity contribution in [1.82, 2.24) is 4.57 Å². The van der Waals surface area contributed by atoms with Gasteiger partial charge in [-0.2, -0.15) is 0 Å². The maximum absolute atomic E-state index is 12.9. The molecule has 1 aliphatic rings. The average molecular weight is 313 g/mol. The van der Waals surface area contributed by atoms with Crippen LogP contribution in [0.2, 0.25) is 0 Å². The van der Waals surface area contributed by atoms with E-state index < -0.39 is 11.6 Å². The van der Waals surface area contributed by atoms with Gasteiger partial charge in [-0.25, -0.2) is 0 Å². The monoisotopic (exact) mass is 313 g/mol. The molecule has 122 valence electrons. The Hall–Kier alpha value is -2.10. The van der Waals surface area contributed by atoms with E-state index in [-0.39, 0.29) is 11.5 Å². The van der Waals surface area contributed by atoms with Crippen LogP contribution in [0.25, 0.3) is 10.8 Å². The molecule has 0 saturated heterocycles. The van der Waals surface area contributed by atoms with E-state index in [1.807, 2.05) is 52.0 Å². The summed E-state index contributed by atoms with van der Waals surface area (Å²) in [5.41, 5.74) is 1.46. The molecule has 1 aromatic heterocycles. The van der Waals surface area contributed by atoms with E-state index in [0.29, 0.717) is 11.8 Å². The normalized spacial score (nSPS) is 17.8. The molecular formula is C19H23NO3. The summed E-state index contributed by atoms with van der Waals surface area (Å²) in [5.74, 6) is -0.270. The maximum Gasteiger partial charge on any atom is 0.313 e. The first-order valence-electron chi connectivity index (χ1n) is 8.14. The Morgan fingerprint density at radius 2 is 1.87 bits per heavy atom. The number of fused-ring (bicyclic) bond motifs is 2. The first-order valence-corrected chi connectivity index (χ1v) is 8.14. The molecule has 2 aromatic rings. The van der Waals surface area contributed by atoms with Gasteiger partial charge >= 0.3 is 5.97 Å². The van der Waals surface area contributed by atoms with Crippen molar-refractivity contribution >= 4 is 16.7 Å². The number of rotatable bonds is 1. The zero-order valence-corrected chi connectivity index (χ0v) is 14.2. The number of aryl methyl sites for hydroxylation is 1. The van der Waals surface area contributed by atoms with Gasteiger partial charge in [-0.1, -0.05) is 18.2 Å². The van der Waals surface area contributed by atoms with E-state index in [2.05, 4.69) is 0 Å². The quantitative estimate of drug-likeness (QED) is 0.754. The largest absolute Gasteiger partial charge is 0.441 e. The molecule has 0 N–H and O–H groups in total. The van der Waals surface area contributed by atoms with Crippen LogP contribution in [0.3, 0.4) is 0 Å². The molecule has 23 heavy (non-hydrogen) atoms.